The van der Waals surface area contributed by atoms with Gasteiger partial charge >= 0.3 is 0 Å². The van der Waals surface area contributed by atoms with E-state index >= 15 is 0 Å². The van der Waals surface area contributed by atoms with Crippen LogP contribution in [0.15, 0.2) is 66.7 Å². The molecule has 0 aliphatic heterocycles. The third-order valence-corrected chi connectivity index (χ3v) is 9.74. The van der Waals surface area contributed by atoms with Gasteiger partial charge in [-0.25, -0.2) is 0 Å². The number of aliphatic hydroxyl groups is 1. The van der Waals surface area contributed by atoms with Crippen molar-refractivity contribution in [2.45, 2.75) is 108 Å². The van der Waals surface area contributed by atoms with E-state index in [4.69, 9.17) is 4.74 Å². The summed E-state index contributed by atoms with van der Waals surface area (Å²) >= 11 is 0. The lowest BCUT2D eigenvalue weighted by Gasteiger charge is -2.41. The highest BCUT2D eigenvalue weighted by Gasteiger charge is 2.40. The number of aliphatic hydroxyl groups excluding tert-OH is 1. The van der Waals surface area contributed by atoms with Crippen LogP contribution in [0.25, 0.3) is 0 Å². The summed E-state index contributed by atoms with van der Waals surface area (Å²) in [6.07, 6.45) is 9.92. The predicted octanol–water partition coefficient (Wildman–Crippen LogP) is 8.34. The number of carbonyl (C=O) groups is 1. The Labute approximate surface area is 262 Å². The van der Waals surface area contributed by atoms with Crippen molar-refractivity contribution in [1.82, 2.24) is 0 Å². The molecular formula is C38H50O6. The molecule has 3 atom stereocenters. The van der Waals surface area contributed by atoms with Crippen LogP contribution in [0.4, 0.5) is 0 Å². The number of aryl methyl sites for hydroxylation is 1. The molecule has 0 aromatic heterocycles. The first-order chi connectivity index (χ1) is 21.3. The Morgan fingerprint density at radius 2 is 1.59 bits per heavy atom. The lowest BCUT2D eigenvalue weighted by Crippen LogP contribution is -2.39. The number of phenols is 3. The molecule has 44 heavy (non-hydrogen) atoms. The number of Topliss-reactive ketones (excluding diaryl/α,β-unsaturated/α-hetero) is 1. The van der Waals surface area contributed by atoms with Gasteiger partial charge in [0.15, 0.2) is 23.0 Å². The first-order valence-electron chi connectivity index (χ1n) is 16.4. The fourth-order valence-electron chi connectivity index (χ4n) is 7.13. The molecule has 0 amide bonds. The fraction of sp³-hybridized carbons (Fsp3) is 0.500. The van der Waals surface area contributed by atoms with Gasteiger partial charge in [-0.15, -0.1) is 0 Å². The molecule has 1 fully saturated rings. The van der Waals surface area contributed by atoms with Gasteiger partial charge in [0.2, 0.25) is 0 Å². The zero-order valence-electron chi connectivity index (χ0n) is 26.4. The Hall–Kier alpha value is -3.51. The van der Waals surface area contributed by atoms with Crippen LogP contribution in [-0.4, -0.2) is 39.4 Å². The summed E-state index contributed by atoms with van der Waals surface area (Å²) < 4.78 is 5.40. The smallest absolute Gasteiger partial charge is 0.160 e. The maximum atomic E-state index is 14.3. The lowest BCUT2D eigenvalue weighted by atomic mass is 9.64. The minimum Gasteiger partial charge on any atom is -0.504 e. The molecule has 4 rings (SSSR count). The van der Waals surface area contributed by atoms with Gasteiger partial charge in [-0.05, 0) is 90.8 Å². The van der Waals surface area contributed by atoms with Crippen molar-refractivity contribution < 1.29 is 30.0 Å². The minimum absolute atomic E-state index is 0.0651. The van der Waals surface area contributed by atoms with E-state index in [0.717, 1.165) is 75.3 Å². The van der Waals surface area contributed by atoms with E-state index in [-0.39, 0.29) is 34.4 Å². The Bertz CT molecular complexity index is 1330. The van der Waals surface area contributed by atoms with Gasteiger partial charge in [0.25, 0.3) is 0 Å². The van der Waals surface area contributed by atoms with Crippen LogP contribution in [0.2, 0.25) is 0 Å². The molecule has 6 nitrogen and oxygen atoms in total. The summed E-state index contributed by atoms with van der Waals surface area (Å²) in [5, 5.41) is 42.4. The fourth-order valence-corrected chi connectivity index (χ4v) is 7.13. The van der Waals surface area contributed by atoms with Gasteiger partial charge in [0.1, 0.15) is 5.78 Å². The minimum atomic E-state index is -0.822. The molecule has 3 aromatic carbocycles. The highest BCUT2D eigenvalue weighted by molar-refractivity contribution is 5.82. The number of ketones is 1. The molecule has 0 bridgehead atoms. The van der Waals surface area contributed by atoms with Gasteiger partial charge < -0.3 is 25.2 Å². The van der Waals surface area contributed by atoms with Crippen molar-refractivity contribution >= 4 is 5.78 Å². The highest BCUT2D eigenvalue weighted by atomic mass is 16.5. The molecule has 1 saturated carbocycles. The van der Waals surface area contributed by atoms with Crippen LogP contribution < -0.4 is 4.74 Å². The Morgan fingerprint density at radius 3 is 2.27 bits per heavy atom. The number of hydrogen-bond acceptors (Lipinski definition) is 6. The molecule has 4 N–H and O–H groups in total. The summed E-state index contributed by atoms with van der Waals surface area (Å²) in [6, 6.07) is 20.6. The number of carbonyl (C=O) groups excluding carboxylic acids is 1. The number of aromatic hydroxyl groups is 3. The molecule has 0 spiro atoms. The van der Waals surface area contributed by atoms with Gasteiger partial charge in [-0.3, -0.25) is 4.79 Å². The molecule has 0 saturated heterocycles. The van der Waals surface area contributed by atoms with E-state index in [1.54, 1.807) is 12.1 Å². The molecular weight excluding hydrogens is 552 g/mol. The van der Waals surface area contributed by atoms with E-state index in [9.17, 15) is 25.2 Å². The van der Waals surface area contributed by atoms with Crippen molar-refractivity contribution in [3.63, 3.8) is 0 Å². The Morgan fingerprint density at radius 1 is 0.864 bits per heavy atom. The molecule has 3 aromatic rings. The number of ether oxygens (including phenoxy) is 1. The third kappa shape index (κ3) is 8.56. The van der Waals surface area contributed by atoms with E-state index in [2.05, 4.69) is 19.1 Å². The number of hydrogen-bond donors (Lipinski definition) is 4. The van der Waals surface area contributed by atoms with E-state index in [1.807, 2.05) is 36.4 Å². The van der Waals surface area contributed by atoms with Crippen LogP contribution >= 0.6 is 0 Å². The van der Waals surface area contributed by atoms with Crippen LogP contribution in [0.1, 0.15) is 107 Å². The summed E-state index contributed by atoms with van der Waals surface area (Å²) in [5.74, 6) is -0.382. The Kier molecular flexibility index (Phi) is 12.1. The molecule has 0 heterocycles. The second-order valence-corrected chi connectivity index (χ2v) is 12.7. The molecule has 0 radical (unpaired) electrons. The maximum absolute atomic E-state index is 14.3. The molecule has 6 heteroatoms. The summed E-state index contributed by atoms with van der Waals surface area (Å²) in [4.78, 5) is 14.3. The Balaban J connectivity index is 1.60. The summed E-state index contributed by atoms with van der Waals surface area (Å²) in [6.45, 7) is 2.14. The van der Waals surface area contributed by atoms with E-state index < -0.39 is 12.0 Å². The number of benzene rings is 3. The van der Waals surface area contributed by atoms with Crippen molar-refractivity contribution in [3.8, 4) is 23.0 Å². The van der Waals surface area contributed by atoms with Crippen molar-refractivity contribution in [3.05, 3.63) is 83.4 Å². The lowest BCUT2D eigenvalue weighted by molar-refractivity contribution is -0.127. The second kappa shape index (κ2) is 16.0. The average Bonchev–Trinajstić information content (AvgIpc) is 3.03. The average molecular weight is 603 g/mol. The first kappa shape index (κ1) is 33.4. The second-order valence-electron chi connectivity index (χ2n) is 12.7. The quantitative estimate of drug-likeness (QED) is 0.0970. The van der Waals surface area contributed by atoms with Crippen molar-refractivity contribution in [2.75, 3.05) is 7.11 Å². The number of rotatable bonds is 16. The largest absolute Gasteiger partial charge is 0.504 e. The zero-order chi connectivity index (χ0) is 31.5. The molecule has 3 unspecified atom stereocenters. The summed E-state index contributed by atoms with van der Waals surface area (Å²) in [7, 11) is 1.53. The van der Waals surface area contributed by atoms with Gasteiger partial charge in [0, 0.05) is 12.3 Å². The van der Waals surface area contributed by atoms with Gasteiger partial charge in [0.05, 0.1) is 13.2 Å². The SMILES string of the molecule is CCCCCC(C(=O)CC(CCc1ccccc1)c1ccc(O)c(OC)c1)C(O)CC1(c2ccc(O)c(O)c2)CCCCC1. The molecule has 1 aliphatic carbocycles. The van der Waals surface area contributed by atoms with Crippen molar-refractivity contribution in [1.29, 1.82) is 0 Å². The third-order valence-electron chi connectivity index (χ3n) is 9.74. The zero-order valence-corrected chi connectivity index (χ0v) is 26.4. The van der Waals surface area contributed by atoms with Crippen molar-refractivity contribution in [2.24, 2.45) is 5.92 Å². The van der Waals surface area contributed by atoms with Crippen LogP contribution in [0, 0.1) is 5.92 Å². The van der Waals surface area contributed by atoms with Gasteiger partial charge in [-0.2, -0.15) is 0 Å². The normalized spacial score (nSPS) is 16.6. The summed E-state index contributed by atoms with van der Waals surface area (Å²) in [5.41, 5.74) is 2.70. The topological polar surface area (TPSA) is 107 Å². The van der Waals surface area contributed by atoms with Gasteiger partial charge in [-0.1, -0.05) is 87.9 Å². The van der Waals surface area contributed by atoms with Crippen LogP contribution in [-0.2, 0) is 16.6 Å². The monoisotopic (exact) mass is 602 g/mol. The number of methoxy groups -OCH3 is 1. The van der Waals surface area contributed by atoms with E-state index in [1.165, 1.54) is 18.7 Å². The number of phenolic OH excluding ortho intramolecular Hbond substituents is 3. The highest BCUT2D eigenvalue weighted by Crippen LogP contribution is 2.46. The standard InChI is InChI=1S/C38H50O6/c1-3-4-7-14-31(36(43)26-38(21-10-6-11-22-38)30-18-20-32(39)35(42)25-30)34(41)23-28(16-15-27-12-8-5-9-13-27)29-17-19-33(40)37(24-29)44-2/h5,8-9,12-13,17-20,24-25,28,31,36,39-40,42-43H,3-4,6-7,10-11,14-16,21-23,26H2,1-2H3. The van der Waals surface area contributed by atoms with Crippen LogP contribution in [0.5, 0.6) is 23.0 Å². The molecule has 1 aliphatic rings. The first-order valence-corrected chi connectivity index (χ1v) is 16.4. The maximum Gasteiger partial charge on any atom is 0.160 e. The van der Waals surface area contributed by atoms with E-state index in [0.29, 0.717) is 25.0 Å². The number of unbranched alkanes of at least 4 members (excludes halogenated alkanes) is 2. The molecule has 238 valence electrons. The predicted molar refractivity (Wildman–Crippen MR) is 175 cm³/mol. The van der Waals surface area contributed by atoms with Crippen LogP contribution in [0.3, 0.4) is 0 Å².